The number of likely N-dealkylation sites (N-methyl/N-ethyl adjacent to an activating group) is 1. The van der Waals surface area contributed by atoms with E-state index in [4.69, 9.17) is 9.47 Å². The van der Waals surface area contributed by atoms with Crippen molar-refractivity contribution in [3.8, 4) is 0 Å². The smallest absolute Gasteiger partial charge is 0.254 e. The second-order valence-corrected chi connectivity index (χ2v) is 6.99. The fourth-order valence-electron chi connectivity index (χ4n) is 3.20. The van der Waals surface area contributed by atoms with Gasteiger partial charge in [-0.1, -0.05) is 12.1 Å². The fraction of sp³-hybridized carbons (Fsp3) is 0.364. The van der Waals surface area contributed by atoms with Gasteiger partial charge in [-0.05, 0) is 42.0 Å². The lowest BCUT2D eigenvalue weighted by molar-refractivity contribution is -0.116. The van der Waals surface area contributed by atoms with E-state index in [0.29, 0.717) is 17.9 Å². The van der Waals surface area contributed by atoms with Gasteiger partial charge in [0.15, 0.2) is 0 Å². The van der Waals surface area contributed by atoms with Crippen molar-refractivity contribution in [3.63, 3.8) is 0 Å². The molecule has 0 saturated carbocycles. The third-order valence-electron chi connectivity index (χ3n) is 4.77. The number of morpholine rings is 1. The summed E-state index contributed by atoms with van der Waals surface area (Å²) in [6.07, 6.45) is 0. The predicted octanol–water partition coefficient (Wildman–Crippen LogP) is 2.38. The first-order valence-electron chi connectivity index (χ1n) is 9.63. The van der Waals surface area contributed by atoms with Crippen LogP contribution in [0.1, 0.15) is 15.9 Å². The van der Waals surface area contributed by atoms with Crippen molar-refractivity contribution in [2.45, 2.75) is 6.61 Å². The Morgan fingerprint density at radius 2 is 1.72 bits per heavy atom. The molecule has 0 atom stereocenters. The highest BCUT2D eigenvalue weighted by atomic mass is 16.5. The van der Waals surface area contributed by atoms with Crippen molar-refractivity contribution in [2.24, 2.45) is 0 Å². The van der Waals surface area contributed by atoms with Gasteiger partial charge in [0, 0.05) is 44.2 Å². The summed E-state index contributed by atoms with van der Waals surface area (Å²) in [4.78, 5) is 28.5. The topological polar surface area (TPSA) is 71.1 Å². The number of anilines is 2. The van der Waals surface area contributed by atoms with Crippen LogP contribution in [0.5, 0.6) is 0 Å². The summed E-state index contributed by atoms with van der Waals surface area (Å²) in [6.45, 7) is 3.67. The third-order valence-corrected chi connectivity index (χ3v) is 4.77. The summed E-state index contributed by atoms with van der Waals surface area (Å²) in [5.74, 6) is -0.442. The van der Waals surface area contributed by atoms with Crippen LogP contribution < -0.4 is 10.2 Å². The summed E-state index contributed by atoms with van der Waals surface area (Å²) in [5.41, 5.74) is 3.34. The SMILES string of the molecule is COCc1ccc(C(=O)N(C)CC(=O)Nc2ccc(N3CCOCC3)cc2)cc1. The first kappa shape index (κ1) is 20.8. The molecule has 2 amide bonds. The van der Waals surface area contributed by atoms with E-state index in [9.17, 15) is 9.59 Å². The lowest BCUT2D eigenvalue weighted by Gasteiger charge is -2.28. The number of hydrogen-bond acceptors (Lipinski definition) is 5. The lowest BCUT2D eigenvalue weighted by Crippen LogP contribution is -2.36. The second-order valence-electron chi connectivity index (χ2n) is 6.99. The van der Waals surface area contributed by atoms with E-state index in [1.165, 1.54) is 4.90 Å². The Kier molecular flexibility index (Phi) is 7.21. The van der Waals surface area contributed by atoms with Gasteiger partial charge < -0.3 is 24.6 Å². The zero-order chi connectivity index (χ0) is 20.6. The molecule has 0 aliphatic carbocycles. The van der Waals surface area contributed by atoms with Crippen LogP contribution in [0.15, 0.2) is 48.5 Å². The Bertz CT molecular complexity index is 815. The van der Waals surface area contributed by atoms with Gasteiger partial charge in [0.25, 0.3) is 5.91 Å². The Balaban J connectivity index is 1.52. The normalized spacial score (nSPS) is 13.8. The van der Waals surface area contributed by atoms with Crippen LogP contribution in [-0.2, 0) is 20.9 Å². The largest absolute Gasteiger partial charge is 0.380 e. The number of benzene rings is 2. The van der Waals surface area contributed by atoms with Gasteiger partial charge in [-0.3, -0.25) is 9.59 Å². The minimum absolute atomic E-state index is 0.0239. The number of nitrogens with zero attached hydrogens (tertiary/aromatic N) is 2. The van der Waals surface area contributed by atoms with Gasteiger partial charge in [0.2, 0.25) is 5.91 Å². The summed E-state index contributed by atoms with van der Waals surface area (Å²) in [6, 6.07) is 14.9. The highest BCUT2D eigenvalue weighted by Gasteiger charge is 2.16. The number of amides is 2. The molecule has 0 aromatic heterocycles. The van der Waals surface area contributed by atoms with Crippen LogP contribution in [0, 0.1) is 0 Å². The number of nitrogens with one attached hydrogen (secondary N) is 1. The quantitative estimate of drug-likeness (QED) is 0.777. The zero-order valence-corrected chi connectivity index (χ0v) is 16.9. The molecule has 2 aromatic carbocycles. The monoisotopic (exact) mass is 397 g/mol. The Morgan fingerprint density at radius 1 is 1.07 bits per heavy atom. The lowest BCUT2D eigenvalue weighted by atomic mass is 10.1. The molecule has 2 aromatic rings. The molecule has 154 valence electrons. The van der Waals surface area contributed by atoms with E-state index in [1.807, 2.05) is 36.4 Å². The zero-order valence-electron chi connectivity index (χ0n) is 16.9. The highest BCUT2D eigenvalue weighted by Crippen LogP contribution is 2.19. The molecule has 29 heavy (non-hydrogen) atoms. The van der Waals surface area contributed by atoms with Crippen LogP contribution in [0.4, 0.5) is 11.4 Å². The first-order chi connectivity index (χ1) is 14.1. The van der Waals surface area contributed by atoms with Gasteiger partial charge in [0.05, 0.1) is 26.4 Å². The minimum atomic E-state index is -0.240. The summed E-state index contributed by atoms with van der Waals surface area (Å²) >= 11 is 0. The predicted molar refractivity (Wildman–Crippen MR) is 112 cm³/mol. The molecule has 0 unspecified atom stereocenters. The van der Waals surface area contributed by atoms with Gasteiger partial charge >= 0.3 is 0 Å². The minimum Gasteiger partial charge on any atom is -0.380 e. The van der Waals surface area contributed by atoms with E-state index < -0.39 is 0 Å². The molecule has 0 bridgehead atoms. The molecular formula is C22H27N3O4. The van der Waals surface area contributed by atoms with Gasteiger partial charge in [0.1, 0.15) is 0 Å². The number of carbonyl (C=O) groups excluding carboxylic acids is 2. The molecule has 0 spiro atoms. The fourth-order valence-corrected chi connectivity index (χ4v) is 3.20. The molecule has 0 radical (unpaired) electrons. The summed E-state index contributed by atoms with van der Waals surface area (Å²) < 4.78 is 10.4. The number of ether oxygens (including phenoxy) is 2. The third kappa shape index (κ3) is 5.79. The van der Waals surface area contributed by atoms with Crippen LogP contribution >= 0.6 is 0 Å². The average Bonchev–Trinajstić information content (AvgIpc) is 2.75. The maximum atomic E-state index is 12.5. The van der Waals surface area contributed by atoms with Crippen molar-refractivity contribution < 1.29 is 19.1 Å². The van der Waals surface area contributed by atoms with E-state index in [-0.39, 0.29) is 18.4 Å². The molecular weight excluding hydrogens is 370 g/mol. The van der Waals surface area contributed by atoms with Crippen molar-refractivity contribution in [3.05, 3.63) is 59.7 Å². The Morgan fingerprint density at radius 3 is 2.34 bits per heavy atom. The van der Waals surface area contributed by atoms with Crippen LogP contribution in [0.2, 0.25) is 0 Å². The highest BCUT2D eigenvalue weighted by molar-refractivity contribution is 5.99. The molecule has 1 saturated heterocycles. The molecule has 1 fully saturated rings. The van der Waals surface area contributed by atoms with Crippen molar-refractivity contribution in [1.82, 2.24) is 4.90 Å². The average molecular weight is 397 g/mol. The maximum Gasteiger partial charge on any atom is 0.254 e. The maximum absolute atomic E-state index is 12.5. The van der Waals surface area contributed by atoms with Gasteiger partial charge in [-0.25, -0.2) is 0 Å². The van der Waals surface area contributed by atoms with E-state index in [1.54, 1.807) is 26.3 Å². The molecule has 1 aliphatic rings. The van der Waals surface area contributed by atoms with Gasteiger partial charge in [-0.15, -0.1) is 0 Å². The second kappa shape index (κ2) is 10.0. The first-order valence-corrected chi connectivity index (χ1v) is 9.63. The number of carbonyl (C=O) groups is 2. The summed E-state index contributed by atoms with van der Waals surface area (Å²) in [7, 11) is 3.24. The summed E-state index contributed by atoms with van der Waals surface area (Å²) in [5, 5.41) is 2.84. The van der Waals surface area contributed by atoms with E-state index in [2.05, 4.69) is 10.2 Å². The number of hydrogen-bond donors (Lipinski definition) is 1. The molecule has 3 rings (SSSR count). The molecule has 7 heteroatoms. The van der Waals surface area contributed by atoms with Gasteiger partial charge in [-0.2, -0.15) is 0 Å². The molecule has 1 N–H and O–H groups in total. The number of methoxy groups -OCH3 is 1. The van der Waals surface area contributed by atoms with Crippen molar-refractivity contribution in [2.75, 3.05) is 57.2 Å². The number of rotatable bonds is 7. The van der Waals surface area contributed by atoms with Crippen molar-refractivity contribution in [1.29, 1.82) is 0 Å². The molecule has 1 aliphatic heterocycles. The standard InChI is InChI=1S/C22H27N3O4/c1-24(22(27)18-5-3-17(4-6-18)16-28-2)15-21(26)23-19-7-9-20(10-8-19)25-11-13-29-14-12-25/h3-10H,11-16H2,1-2H3,(H,23,26). The Hall–Kier alpha value is -2.90. The van der Waals surface area contributed by atoms with Crippen molar-refractivity contribution >= 4 is 23.2 Å². The van der Waals surface area contributed by atoms with Crippen LogP contribution in [-0.4, -0.2) is 63.7 Å². The van der Waals surface area contributed by atoms with E-state index in [0.717, 1.165) is 37.6 Å². The van der Waals surface area contributed by atoms with Crippen LogP contribution in [0.25, 0.3) is 0 Å². The van der Waals surface area contributed by atoms with Crippen LogP contribution in [0.3, 0.4) is 0 Å². The molecule has 1 heterocycles. The molecule has 7 nitrogen and oxygen atoms in total. The Labute approximate surface area is 171 Å². The van der Waals surface area contributed by atoms with E-state index >= 15 is 0 Å².